The zero-order valence-corrected chi connectivity index (χ0v) is 11.7. The molecular weight excluding hydrogens is 268 g/mol. The van der Waals surface area contributed by atoms with Crippen molar-refractivity contribution in [3.05, 3.63) is 65.2 Å². The molecule has 0 bridgehead atoms. The molecule has 0 radical (unpaired) electrons. The van der Waals surface area contributed by atoms with E-state index in [1.165, 1.54) is 7.11 Å². The number of aliphatic hydroxyl groups is 1. The number of methoxy groups -OCH3 is 1. The van der Waals surface area contributed by atoms with Crippen molar-refractivity contribution >= 4 is 5.97 Å². The van der Waals surface area contributed by atoms with Crippen molar-refractivity contribution in [2.24, 2.45) is 0 Å². The monoisotopic (exact) mass is 284 g/mol. The Morgan fingerprint density at radius 2 is 2.05 bits per heavy atom. The first kappa shape index (κ1) is 13.6. The van der Waals surface area contributed by atoms with Crippen molar-refractivity contribution in [3.63, 3.8) is 0 Å². The molecular formula is C17H16O4. The maximum absolute atomic E-state index is 11.7. The third-order valence-corrected chi connectivity index (χ3v) is 3.99. The lowest BCUT2D eigenvalue weighted by Gasteiger charge is -2.26. The van der Waals surface area contributed by atoms with Crippen LogP contribution in [0.1, 0.15) is 21.5 Å². The number of carbonyl (C=O) groups excluding carboxylic acids is 1. The second-order valence-corrected chi connectivity index (χ2v) is 5.10. The van der Waals surface area contributed by atoms with Crippen LogP contribution in [0.3, 0.4) is 0 Å². The van der Waals surface area contributed by atoms with Gasteiger partial charge in [-0.05, 0) is 23.8 Å². The number of hydrogen-bond acceptors (Lipinski definition) is 4. The third-order valence-electron chi connectivity index (χ3n) is 3.99. The van der Waals surface area contributed by atoms with Crippen LogP contribution < -0.4 is 4.74 Å². The van der Waals surface area contributed by atoms with Gasteiger partial charge in [-0.1, -0.05) is 30.3 Å². The van der Waals surface area contributed by atoms with Crippen LogP contribution in [0.4, 0.5) is 0 Å². The molecule has 21 heavy (non-hydrogen) atoms. The van der Waals surface area contributed by atoms with Gasteiger partial charge in [-0.25, -0.2) is 4.79 Å². The number of fused-ring (bicyclic) bond motifs is 1. The van der Waals surface area contributed by atoms with E-state index in [1.54, 1.807) is 18.2 Å². The van der Waals surface area contributed by atoms with E-state index >= 15 is 0 Å². The van der Waals surface area contributed by atoms with Crippen LogP contribution in [0.25, 0.3) is 0 Å². The minimum Gasteiger partial charge on any atom is -0.492 e. The zero-order valence-electron chi connectivity index (χ0n) is 11.7. The predicted molar refractivity (Wildman–Crippen MR) is 77.6 cm³/mol. The van der Waals surface area contributed by atoms with E-state index in [0.717, 1.165) is 11.1 Å². The summed E-state index contributed by atoms with van der Waals surface area (Å²) in [6.07, 6.45) is 0. The van der Waals surface area contributed by atoms with Crippen molar-refractivity contribution in [3.8, 4) is 5.75 Å². The summed E-state index contributed by atoms with van der Waals surface area (Å²) in [5.74, 6) is 0.296. The molecule has 0 saturated carbocycles. The Bertz CT molecular complexity index is 666. The molecule has 2 aromatic rings. The van der Waals surface area contributed by atoms with E-state index < -0.39 is 11.4 Å². The molecule has 4 nitrogen and oxygen atoms in total. The van der Waals surface area contributed by atoms with Gasteiger partial charge in [-0.3, -0.25) is 0 Å². The molecule has 0 fully saturated rings. The fourth-order valence-electron chi connectivity index (χ4n) is 2.77. The number of esters is 1. The zero-order chi connectivity index (χ0) is 14.9. The van der Waals surface area contributed by atoms with Gasteiger partial charge in [0.2, 0.25) is 0 Å². The first-order valence-electron chi connectivity index (χ1n) is 6.73. The van der Waals surface area contributed by atoms with Crippen molar-refractivity contribution in [1.82, 2.24) is 0 Å². The molecule has 0 saturated heterocycles. The SMILES string of the molecule is COC(=O)c1ccc2c(c1)C(CO)(c1ccccc1)CO2. The first-order chi connectivity index (χ1) is 10.2. The van der Waals surface area contributed by atoms with Gasteiger partial charge in [0.1, 0.15) is 12.4 Å². The van der Waals surface area contributed by atoms with Crippen LogP contribution >= 0.6 is 0 Å². The minimum absolute atomic E-state index is 0.0887. The van der Waals surface area contributed by atoms with E-state index in [1.807, 2.05) is 30.3 Å². The molecule has 2 aromatic carbocycles. The molecule has 1 atom stereocenters. The van der Waals surface area contributed by atoms with Crippen LogP contribution in [-0.4, -0.2) is 31.4 Å². The molecule has 1 heterocycles. The van der Waals surface area contributed by atoms with Crippen LogP contribution in [-0.2, 0) is 10.2 Å². The minimum atomic E-state index is -0.638. The Balaban J connectivity index is 2.15. The second kappa shape index (κ2) is 5.22. The van der Waals surface area contributed by atoms with Crippen LogP contribution in [0.5, 0.6) is 5.75 Å². The maximum Gasteiger partial charge on any atom is 0.337 e. The van der Waals surface area contributed by atoms with Crippen molar-refractivity contribution in [2.45, 2.75) is 5.41 Å². The number of ether oxygens (including phenoxy) is 2. The largest absolute Gasteiger partial charge is 0.492 e. The number of hydrogen-bond donors (Lipinski definition) is 1. The second-order valence-electron chi connectivity index (χ2n) is 5.10. The Hall–Kier alpha value is -2.33. The van der Waals surface area contributed by atoms with E-state index in [4.69, 9.17) is 9.47 Å². The van der Waals surface area contributed by atoms with E-state index in [2.05, 4.69) is 0 Å². The highest BCUT2D eigenvalue weighted by Crippen LogP contribution is 2.43. The number of benzene rings is 2. The van der Waals surface area contributed by atoms with Gasteiger partial charge in [0.25, 0.3) is 0 Å². The van der Waals surface area contributed by atoms with Gasteiger partial charge >= 0.3 is 5.97 Å². The summed E-state index contributed by atoms with van der Waals surface area (Å²) in [4.78, 5) is 11.7. The number of carbonyl (C=O) groups is 1. The topological polar surface area (TPSA) is 55.8 Å². The van der Waals surface area contributed by atoms with Crippen LogP contribution in [0.15, 0.2) is 48.5 Å². The highest BCUT2D eigenvalue weighted by Gasteiger charge is 2.42. The Kier molecular flexibility index (Phi) is 3.39. The van der Waals surface area contributed by atoms with Crippen LogP contribution in [0, 0.1) is 0 Å². The molecule has 0 aromatic heterocycles. The highest BCUT2D eigenvalue weighted by molar-refractivity contribution is 5.90. The number of rotatable bonds is 3. The summed E-state index contributed by atoms with van der Waals surface area (Å²) in [5.41, 5.74) is 1.60. The van der Waals surface area contributed by atoms with Gasteiger partial charge in [0, 0.05) is 5.56 Å². The van der Waals surface area contributed by atoms with Crippen LogP contribution in [0.2, 0.25) is 0 Å². The first-order valence-corrected chi connectivity index (χ1v) is 6.73. The maximum atomic E-state index is 11.7. The molecule has 1 N–H and O–H groups in total. The lowest BCUT2D eigenvalue weighted by Crippen LogP contribution is -2.33. The molecule has 1 unspecified atom stereocenters. The lowest BCUT2D eigenvalue weighted by atomic mass is 9.76. The fraction of sp³-hybridized carbons (Fsp3) is 0.235. The summed E-state index contributed by atoms with van der Waals surface area (Å²) in [5, 5.41) is 10.0. The summed E-state index contributed by atoms with van der Waals surface area (Å²) in [7, 11) is 1.35. The Morgan fingerprint density at radius 1 is 1.29 bits per heavy atom. The van der Waals surface area contributed by atoms with Gasteiger partial charge in [0.15, 0.2) is 0 Å². The van der Waals surface area contributed by atoms with Gasteiger partial charge in [-0.15, -0.1) is 0 Å². The Labute approximate surface area is 122 Å². The highest BCUT2D eigenvalue weighted by atomic mass is 16.5. The molecule has 0 amide bonds. The van der Waals surface area contributed by atoms with Gasteiger partial charge in [-0.2, -0.15) is 0 Å². The van der Waals surface area contributed by atoms with E-state index in [0.29, 0.717) is 17.9 Å². The summed E-state index contributed by atoms with van der Waals surface area (Å²) in [6.45, 7) is 0.266. The van der Waals surface area contributed by atoms with Gasteiger partial charge in [0.05, 0.1) is 24.7 Å². The third kappa shape index (κ3) is 2.08. The summed E-state index contributed by atoms with van der Waals surface area (Å²) < 4.78 is 10.5. The Morgan fingerprint density at radius 3 is 2.71 bits per heavy atom. The average molecular weight is 284 g/mol. The molecule has 108 valence electrons. The summed E-state index contributed by atoms with van der Waals surface area (Å²) >= 11 is 0. The molecule has 1 aliphatic rings. The average Bonchev–Trinajstić information content (AvgIpc) is 2.94. The van der Waals surface area contributed by atoms with Crippen molar-refractivity contribution < 1.29 is 19.4 Å². The normalized spacial score (nSPS) is 19.7. The number of aliphatic hydroxyl groups excluding tert-OH is 1. The van der Waals surface area contributed by atoms with Gasteiger partial charge < -0.3 is 14.6 Å². The lowest BCUT2D eigenvalue weighted by molar-refractivity contribution is 0.0600. The van der Waals surface area contributed by atoms with E-state index in [-0.39, 0.29) is 6.61 Å². The molecule has 4 heteroatoms. The molecule has 3 rings (SSSR count). The molecule has 0 spiro atoms. The summed E-state index contributed by atoms with van der Waals surface area (Å²) in [6, 6.07) is 14.9. The standard InChI is InChI=1S/C17H16O4/c1-20-16(19)12-7-8-15-14(9-12)17(10-18,11-21-15)13-5-3-2-4-6-13/h2-9,18H,10-11H2,1H3. The fourth-order valence-corrected chi connectivity index (χ4v) is 2.77. The smallest absolute Gasteiger partial charge is 0.337 e. The molecule has 1 aliphatic heterocycles. The van der Waals surface area contributed by atoms with E-state index in [9.17, 15) is 9.90 Å². The molecule has 0 aliphatic carbocycles. The van der Waals surface area contributed by atoms with Crippen molar-refractivity contribution in [1.29, 1.82) is 0 Å². The van der Waals surface area contributed by atoms with Crippen molar-refractivity contribution in [2.75, 3.05) is 20.3 Å². The predicted octanol–water partition coefficient (Wildman–Crippen LogP) is 2.14. The quantitative estimate of drug-likeness (QED) is 0.877.